The molecule has 1 aliphatic rings. The van der Waals surface area contributed by atoms with Gasteiger partial charge in [0, 0.05) is 6.54 Å². The Morgan fingerprint density at radius 2 is 2.30 bits per heavy atom. The molecule has 0 aromatic carbocycles. The van der Waals surface area contributed by atoms with Gasteiger partial charge in [0.05, 0.1) is 12.5 Å². The number of nitrogens with zero attached hydrogens (tertiary/aromatic N) is 3. The summed E-state index contributed by atoms with van der Waals surface area (Å²) in [5.74, 6) is -1.07. The summed E-state index contributed by atoms with van der Waals surface area (Å²) in [6.07, 6.45) is 2.50. The van der Waals surface area contributed by atoms with Crippen LogP contribution in [0.4, 0.5) is 0 Å². The minimum absolute atomic E-state index is 0.0496. The molecule has 1 amide bonds. The molecule has 1 fully saturated rings. The van der Waals surface area contributed by atoms with Gasteiger partial charge in [-0.25, -0.2) is 9.67 Å². The summed E-state index contributed by atoms with van der Waals surface area (Å²) in [6.45, 7) is 0.453. The van der Waals surface area contributed by atoms with E-state index in [0.29, 0.717) is 6.42 Å². The normalized spacial score (nSPS) is 21.9. The van der Waals surface area contributed by atoms with Crippen molar-refractivity contribution in [1.82, 2.24) is 14.8 Å². The van der Waals surface area contributed by atoms with Crippen molar-refractivity contribution in [3.63, 3.8) is 0 Å². The van der Waals surface area contributed by atoms with Crippen LogP contribution in [0.25, 0.3) is 0 Å². The Morgan fingerprint density at radius 1 is 1.50 bits per heavy atom. The fourth-order valence-corrected chi connectivity index (χ4v) is 1.91. The van der Waals surface area contributed by atoms with Crippen molar-refractivity contribution in [2.75, 3.05) is 13.2 Å². The highest BCUT2D eigenvalue weighted by Crippen LogP contribution is 2.27. The van der Waals surface area contributed by atoms with E-state index in [2.05, 4.69) is 10.1 Å². The van der Waals surface area contributed by atoms with Crippen LogP contribution in [-0.2, 0) is 14.3 Å². The highest BCUT2D eigenvalue weighted by Gasteiger charge is 2.28. The molecule has 2 heterocycles. The average molecular weight is 283 g/mol. The van der Waals surface area contributed by atoms with Crippen molar-refractivity contribution in [2.24, 2.45) is 11.5 Å². The second-order valence-electron chi connectivity index (χ2n) is 4.42. The monoisotopic (exact) mass is 283 g/mol. The second-order valence-corrected chi connectivity index (χ2v) is 4.42. The number of hydrogen-bond donors (Lipinski definition) is 2. The molecule has 2 atom stereocenters. The molecule has 9 nitrogen and oxygen atoms in total. The zero-order chi connectivity index (χ0) is 14.5. The van der Waals surface area contributed by atoms with Crippen LogP contribution >= 0.6 is 0 Å². The lowest BCUT2D eigenvalue weighted by Gasteiger charge is -2.13. The molecule has 2 rings (SSSR count). The largest absolute Gasteiger partial charge is 0.463 e. The van der Waals surface area contributed by atoms with Crippen LogP contribution in [0.15, 0.2) is 6.33 Å². The van der Waals surface area contributed by atoms with Gasteiger partial charge in [-0.1, -0.05) is 0 Å². The van der Waals surface area contributed by atoms with E-state index in [0.717, 1.165) is 6.42 Å². The summed E-state index contributed by atoms with van der Waals surface area (Å²) in [6, 6.07) is 0. The zero-order valence-corrected chi connectivity index (χ0v) is 10.9. The molecule has 1 aromatic heterocycles. The summed E-state index contributed by atoms with van der Waals surface area (Å²) in [5, 5.41) is 3.93. The molecule has 1 saturated heterocycles. The molecule has 110 valence electrons. The van der Waals surface area contributed by atoms with Crippen LogP contribution in [0.2, 0.25) is 0 Å². The first-order chi connectivity index (χ1) is 9.60. The van der Waals surface area contributed by atoms with Crippen LogP contribution in [0, 0.1) is 0 Å². The summed E-state index contributed by atoms with van der Waals surface area (Å²) < 4.78 is 12.1. The van der Waals surface area contributed by atoms with Crippen LogP contribution in [0.5, 0.6) is 0 Å². The van der Waals surface area contributed by atoms with E-state index in [4.69, 9.17) is 20.9 Å². The summed E-state index contributed by atoms with van der Waals surface area (Å²) in [5.41, 5.74) is 10.3. The number of esters is 1. The highest BCUT2D eigenvalue weighted by molar-refractivity contribution is 5.88. The van der Waals surface area contributed by atoms with E-state index in [9.17, 15) is 9.59 Å². The van der Waals surface area contributed by atoms with Crippen molar-refractivity contribution >= 4 is 11.9 Å². The van der Waals surface area contributed by atoms with Crippen molar-refractivity contribution in [3.05, 3.63) is 12.2 Å². The summed E-state index contributed by atoms with van der Waals surface area (Å²) in [4.78, 5) is 25.9. The predicted octanol–water partition coefficient (Wildman–Crippen LogP) is -1.05. The van der Waals surface area contributed by atoms with E-state index in [1.165, 1.54) is 11.0 Å². The number of ether oxygens (including phenoxy) is 2. The first-order valence-electron chi connectivity index (χ1n) is 6.32. The first-order valence-corrected chi connectivity index (χ1v) is 6.32. The molecule has 4 N–H and O–H groups in total. The summed E-state index contributed by atoms with van der Waals surface area (Å²) in [7, 11) is 0. The Kier molecular flexibility index (Phi) is 4.64. The maximum absolute atomic E-state index is 11.2. The number of hydrogen-bond acceptors (Lipinski definition) is 7. The Bertz CT molecular complexity index is 489. The number of amides is 1. The van der Waals surface area contributed by atoms with Gasteiger partial charge in [-0.2, -0.15) is 0 Å². The lowest BCUT2D eigenvalue weighted by atomic mass is 10.2. The lowest BCUT2D eigenvalue weighted by Crippen LogP contribution is -2.21. The first kappa shape index (κ1) is 14.4. The maximum Gasteiger partial charge on any atom is 0.307 e. The quantitative estimate of drug-likeness (QED) is 0.635. The van der Waals surface area contributed by atoms with Crippen LogP contribution in [0.3, 0.4) is 0 Å². The average Bonchev–Trinajstić information content (AvgIpc) is 3.05. The molecular formula is C11H17N5O4. The number of aromatic nitrogens is 3. The van der Waals surface area contributed by atoms with Gasteiger partial charge in [-0.15, -0.1) is 5.10 Å². The molecule has 9 heteroatoms. The molecule has 20 heavy (non-hydrogen) atoms. The minimum Gasteiger partial charge on any atom is -0.463 e. The number of carbonyl (C=O) groups excluding carboxylic acids is 2. The third-order valence-corrected chi connectivity index (χ3v) is 2.89. The topological polar surface area (TPSA) is 135 Å². The third kappa shape index (κ3) is 3.52. The molecule has 0 aliphatic carbocycles. The van der Waals surface area contributed by atoms with Crippen LogP contribution in [0.1, 0.15) is 36.1 Å². The molecule has 0 bridgehead atoms. The Balaban J connectivity index is 1.82. The van der Waals surface area contributed by atoms with Gasteiger partial charge in [-0.3, -0.25) is 9.59 Å². The van der Waals surface area contributed by atoms with Gasteiger partial charge in [0.2, 0.25) is 5.82 Å². The van der Waals surface area contributed by atoms with Crippen LogP contribution < -0.4 is 11.5 Å². The van der Waals surface area contributed by atoms with E-state index < -0.39 is 5.91 Å². The highest BCUT2D eigenvalue weighted by atomic mass is 16.6. The van der Waals surface area contributed by atoms with Crippen molar-refractivity contribution in [2.45, 2.75) is 31.6 Å². The fourth-order valence-electron chi connectivity index (χ4n) is 1.91. The number of rotatable bonds is 6. The Morgan fingerprint density at radius 3 is 2.95 bits per heavy atom. The van der Waals surface area contributed by atoms with Gasteiger partial charge in [0.25, 0.3) is 5.91 Å². The zero-order valence-electron chi connectivity index (χ0n) is 10.9. The molecule has 0 saturated carbocycles. The molecule has 1 aliphatic heterocycles. The standard InChI is InChI=1S/C11H17N5O4/c12-4-3-9(17)19-5-7-1-2-8(20-7)16-6-14-11(15-16)10(13)18/h6-8H,1-5,12H2,(H2,13,18)/t7-,8+/m0/s1. The van der Waals surface area contributed by atoms with Gasteiger partial charge < -0.3 is 20.9 Å². The van der Waals surface area contributed by atoms with Crippen LogP contribution in [-0.4, -0.2) is 45.9 Å². The molecular weight excluding hydrogens is 266 g/mol. The SMILES string of the molecule is NCCC(=O)OC[C@@H]1CC[C@H](n2cnc(C(N)=O)n2)O1. The molecule has 0 unspecified atom stereocenters. The van der Waals surface area contributed by atoms with Gasteiger partial charge >= 0.3 is 5.97 Å². The van der Waals surface area contributed by atoms with Gasteiger partial charge in [0.1, 0.15) is 12.9 Å². The van der Waals surface area contributed by atoms with Crippen molar-refractivity contribution in [1.29, 1.82) is 0 Å². The van der Waals surface area contributed by atoms with E-state index >= 15 is 0 Å². The molecule has 0 radical (unpaired) electrons. The molecule has 1 aromatic rings. The Labute approximate surface area is 115 Å². The smallest absolute Gasteiger partial charge is 0.307 e. The Hall–Kier alpha value is -2.00. The van der Waals surface area contributed by atoms with E-state index in [1.807, 2.05) is 0 Å². The van der Waals surface area contributed by atoms with E-state index in [-0.39, 0.29) is 43.7 Å². The van der Waals surface area contributed by atoms with Gasteiger partial charge in [0.15, 0.2) is 6.23 Å². The fraction of sp³-hybridized carbons (Fsp3) is 0.636. The number of nitrogens with two attached hydrogens (primary N) is 2. The number of carbonyl (C=O) groups is 2. The summed E-state index contributed by atoms with van der Waals surface area (Å²) >= 11 is 0. The van der Waals surface area contributed by atoms with Crippen molar-refractivity contribution < 1.29 is 19.1 Å². The third-order valence-electron chi connectivity index (χ3n) is 2.89. The second kappa shape index (κ2) is 6.44. The van der Waals surface area contributed by atoms with Gasteiger partial charge in [-0.05, 0) is 12.8 Å². The minimum atomic E-state index is -0.686. The number of primary amides is 1. The maximum atomic E-state index is 11.2. The lowest BCUT2D eigenvalue weighted by molar-refractivity contribution is -0.148. The molecule has 0 spiro atoms. The van der Waals surface area contributed by atoms with E-state index in [1.54, 1.807) is 0 Å². The predicted molar refractivity (Wildman–Crippen MR) is 66.3 cm³/mol. The van der Waals surface area contributed by atoms with Crippen molar-refractivity contribution in [3.8, 4) is 0 Å².